The highest BCUT2D eigenvalue weighted by molar-refractivity contribution is 5.36. The first-order valence-electron chi connectivity index (χ1n) is 6.38. The summed E-state index contributed by atoms with van der Waals surface area (Å²) in [6.07, 6.45) is 7.42. The molecule has 1 aromatic carbocycles. The maximum absolute atomic E-state index is 5.73. The molecule has 0 spiro atoms. The molecule has 0 amide bonds. The Morgan fingerprint density at radius 1 is 1.17 bits per heavy atom. The second-order valence-electron chi connectivity index (χ2n) is 3.65. The number of aryl methyl sites for hydroxylation is 2. The van der Waals surface area contributed by atoms with Crippen molar-refractivity contribution in [3.8, 4) is 5.75 Å². The largest absolute Gasteiger partial charge is 0.457 e. The van der Waals surface area contributed by atoms with Crippen LogP contribution in [0.2, 0.25) is 0 Å². The van der Waals surface area contributed by atoms with E-state index in [9.17, 15) is 0 Å². The Bertz CT molecular complexity index is 425. The van der Waals surface area contributed by atoms with E-state index >= 15 is 0 Å². The van der Waals surface area contributed by atoms with E-state index in [-0.39, 0.29) is 0 Å². The number of hydrogen-bond acceptors (Lipinski definition) is 1. The van der Waals surface area contributed by atoms with Gasteiger partial charge < -0.3 is 4.74 Å². The standard InChI is InChI=1S/C15H18O.C2H6/c1-5-7-14(8-6-2)16-15-10-9-12(3)13(4)11-15;1-2/h5-11H,1H2,2-4H3;1-2H3/b8-6-,14-7+;. The summed E-state index contributed by atoms with van der Waals surface area (Å²) >= 11 is 0. The van der Waals surface area contributed by atoms with Gasteiger partial charge in [-0.25, -0.2) is 0 Å². The van der Waals surface area contributed by atoms with Gasteiger partial charge in [0, 0.05) is 0 Å². The molecule has 0 heterocycles. The van der Waals surface area contributed by atoms with Gasteiger partial charge in [0.2, 0.25) is 0 Å². The van der Waals surface area contributed by atoms with Crippen LogP contribution in [0.4, 0.5) is 0 Å². The molecule has 0 aliphatic rings. The van der Waals surface area contributed by atoms with Gasteiger partial charge >= 0.3 is 0 Å². The molecule has 0 N–H and O–H groups in total. The van der Waals surface area contributed by atoms with Crippen molar-refractivity contribution in [2.75, 3.05) is 0 Å². The lowest BCUT2D eigenvalue weighted by atomic mass is 10.1. The second kappa shape index (κ2) is 9.29. The average Bonchev–Trinajstić information content (AvgIpc) is 2.37. The zero-order chi connectivity index (χ0) is 14.0. The molecule has 0 saturated heterocycles. The van der Waals surface area contributed by atoms with E-state index < -0.39 is 0 Å². The van der Waals surface area contributed by atoms with E-state index in [1.54, 1.807) is 6.08 Å². The summed E-state index contributed by atoms with van der Waals surface area (Å²) in [4.78, 5) is 0. The Labute approximate surface area is 111 Å². The van der Waals surface area contributed by atoms with Crippen molar-refractivity contribution >= 4 is 0 Å². The molecular weight excluding hydrogens is 220 g/mol. The van der Waals surface area contributed by atoms with E-state index in [0.717, 1.165) is 11.5 Å². The smallest absolute Gasteiger partial charge is 0.127 e. The highest BCUT2D eigenvalue weighted by Gasteiger charge is 1.98. The molecule has 0 aliphatic carbocycles. The molecule has 1 nitrogen and oxygen atoms in total. The van der Waals surface area contributed by atoms with Crippen molar-refractivity contribution < 1.29 is 4.74 Å². The number of rotatable bonds is 4. The van der Waals surface area contributed by atoms with Crippen molar-refractivity contribution in [1.82, 2.24) is 0 Å². The van der Waals surface area contributed by atoms with Crippen LogP contribution in [-0.2, 0) is 0 Å². The molecule has 1 rings (SSSR count). The van der Waals surface area contributed by atoms with Crippen LogP contribution in [0.15, 0.2) is 54.8 Å². The van der Waals surface area contributed by atoms with Gasteiger partial charge in [-0.1, -0.05) is 38.6 Å². The predicted octanol–water partition coefficient (Wildman–Crippen LogP) is 5.35. The summed E-state index contributed by atoms with van der Waals surface area (Å²) in [6.45, 7) is 13.8. The monoisotopic (exact) mass is 244 g/mol. The van der Waals surface area contributed by atoms with Crippen molar-refractivity contribution in [1.29, 1.82) is 0 Å². The molecule has 0 unspecified atom stereocenters. The van der Waals surface area contributed by atoms with E-state index in [1.807, 2.05) is 51.1 Å². The molecular formula is C17H24O. The quantitative estimate of drug-likeness (QED) is 0.512. The Morgan fingerprint density at radius 3 is 2.33 bits per heavy atom. The summed E-state index contributed by atoms with van der Waals surface area (Å²) < 4.78 is 5.73. The Balaban J connectivity index is 0.00000137. The first-order chi connectivity index (χ1) is 8.67. The lowest BCUT2D eigenvalue weighted by Crippen LogP contribution is -1.93. The lowest BCUT2D eigenvalue weighted by Gasteiger charge is -2.08. The minimum Gasteiger partial charge on any atom is -0.457 e. The number of hydrogen-bond donors (Lipinski definition) is 0. The molecule has 0 radical (unpaired) electrons. The van der Waals surface area contributed by atoms with E-state index in [1.165, 1.54) is 11.1 Å². The molecule has 0 fully saturated rings. The van der Waals surface area contributed by atoms with Crippen molar-refractivity contribution in [2.24, 2.45) is 0 Å². The molecule has 0 aliphatic heterocycles. The van der Waals surface area contributed by atoms with E-state index in [4.69, 9.17) is 4.74 Å². The summed E-state index contributed by atoms with van der Waals surface area (Å²) in [7, 11) is 0. The number of allylic oxidation sites excluding steroid dienone is 4. The van der Waals surface area contributed by atoms with Gasteiger partial charge in [-0.3, -0.25) is 0 Å². The predicted molar refractivity (Wildman–Crippen MR) is 81.0 cm³/mol. The van der Waals surface area contributed by atoms with Gasteiger partial charge in [0.25, 0.3) is 0 Å². The third-order valence-corrected chi connectivity index (χ3v) is 2.33. The summed E-state index contributed by atoms with van der Waals surface area (Å²) in [5.41, 5.74) is 2.50. The van der Waals surface area contributed by atoms with Crippen molar-refractivity contribution in [2.45, 2.75) is 34.6 Å². The topological polar surface area (TPSA) is 9.23 Å². The molecule has 0 aromatic heterocycles. The van der Waals surface area contributed by atoms with Gasteiger partial charge in [0.1, 0.15) is 11.5 Å². The van der Waals surface area contributed by atoms with E-state index in [0.29, 0.717) is 0 Å². The minimum absolute atomic E-state index is 0.792. The fourth-order valence-corrected chi connectivity index (χ4v) is 1.32. The van der Waals surface area contributed by atoms with Crippen LogP contribution in [0.25, 0.3) is 0 Å². The first kappa shape index (κ1) is 16.2. The molecule has 1 aromatic rings. The number of benzene rings is 1. The van der Waals surface area contributed by atoms with Crippen LogP contribution in [0.3, 0.4) is 0 Å². The van der Waals surface area contributed by atoms with E-state index in [2.05, 4.69) is 26.5 Å². The van der Waals surface area contributed by atoms with Gasteiger partial charge in [-0.15, -0.1) is 0 Å². The lowest BCUT2D eigenvalue weighted by molar-refractivity contribution is 0.444. The maximum Gasteiger partial charge on any atom is 0.127 e. The summed E-state index contributed by atoms with van der Waals surface area (Å²) in [6, 6.07) is 6.07. The van der Waals surface area contributed by atoms with Gasteiger partial charge in [-0.2, -0.15) is 0 Å². The second-order valence-corrected chi connectivity index (χ2v) is 3.65. The van der Waals surface area contributed by atoms with Crippen LogP contribution < -0.4 is 4.74 Å². The molecule has 0 atom stereocenters. The van der Waals surface area contributed by atoms with Crippen LogP contribution in [0.5, 0.6) is 5.75 Å². The molecule has 0 bridgehead atoms. The zero-order valence-electron chi connectivity index (χ0n) is 12.2. The summed E-state index contributed by atoms with van der Waals surface area (Å²) in [5.74, 6) is 1.65. The number of ether oxygens (including phenoxy) is 1. The Kier molecular flexibility index (Phi) is 8.38. The fraction of sp³-hybridized carbons (Fsp3) is 0.294. The van der Waals surface area contributed by atoms with Crippen LogP contribution >= 0.6 is 0 Å². The van der Waals surface area contributed by atoms with Crippen molar-refractivity contribution in [3.05, 3.63) is 66.0 Å². The van der Waals surface area contributed by atoms with Crippen LogP contribution in [0.1, 0.15) is 31.9 Å². The fourth-order valence-electron chi connectivity index (χ4n) is 1.32. The molecule has 18 heavy (non-hydrogen) atoms. The highest BCUT2D eigenvalue weighted by atomic mass is 16.5. The van der Waals surface area contributed by atoms with Gasteiger partial charge in [0.15, 0.2) is 0 Å². The third kappa shape index (κ3) is 5.53. The summed E-state index contributed by atoms with van der Waals surface area (Å²) in [5, 5.41) is 0. The van der Waals surface area contributed by atoms with Crippen LogP contribution in [0, 0.1) is 13.8 Å². The van der Waals surface area contributed by atoms with Gasteiger partial charge in [0.05, 0.1) is 0 Å². The third-order valence-electron chi connectivity index (χ3n) is 2.33. The Hall–Kier alpha value is -1.76. The zero-order valence-corrected chi connectivity index (χ0v) is 12.2. The average molecular weight is 244 g/mol. The highest BCUT2D eigenvalue weighted by Crippen LogP contribution is 2.19. The van der Waals surface area contributed by atoms with Gasteiger partial charge in [-0.05, 0) is 56.2 Å². The Morgan fingerprint density at radius 2 is 1.83 bits per heavy atom. The SMILES string of the molecule is C=C/C=C(\C=C/C)Oc1ccc(C)c(C)c1.CC. The minimum atomic E-state index is 0.792. The molecule has 0 saturated carbocycles. The molecule has 1 heteroatoms. The van der Waals surface area contributed by atoms with Crippen molar-refractivity contribution in [3.63, 3.8) is 0 Å². The normalized spacial score (nSPS) is 10.8. The maximum atomic E-state index is 5.73. The molecule has 98 valence electrons. The first-order valence-corrected chi connectivity index (χ1v) is 6.38. The van der Waals surface area contributed by atoms with Crippen LogP contribution in [-0.4, -0.2) is 0 Å².